The van der Waals surface area contributed by atoms with E-state index in [0.717, 1.165) is 30.8 Å². The number of anilines is 2. The number of amides is 1. The first kappa shape index (κ1) is 24.1. The number of benzene rings is 1. The van der Waals surface area contributed by atoms with Crippen molar-refractivity contribution in [2.24, 2.45) is 11.7 Å². The van der Waals surface area contributed by atoms with E-state index in [1.807, 2.05) is 6.07 Å². The number of rotatable bonds is 5. The number of nitrogens with zero attached hydrogens (tertiary/aromatic N) is 3. The Labute approximate surface area is 210 Å². The number of piperidine rings is 1. The summed E-state index contributed by atoms with van der Waals surface area (Å²) in [6.45, 7) is 3.68. The van der Waals surface area contributed by atoms with Crippen LogP contribution in [0.3, 0.4) is 0 Å². The van der Waals surface area contributed by atoms with Crippen molar-refractivity contribution in [3.63, 3.8) is 0 Å². The summed E-state index contributed by atoms with van der Waals surface area (Å²) in [5.41, 5.74) is 8.14. The van der Waals surface area contributed by atoms with E-state index in [1.165, 1.54) is 18.4 Å². The molecule has 2 unspecified atom stereocenters. The maximum atomic E-state index is 14.6. The Morgan fingerprint density at radius 3 is 2.69 bits per heavy atom. The largest absolute Gasteiger partial charge is 0.497 e. The number of fused-ring (bicyclic) bond motifs is 1. The molecule has 4 aromatic rings. The fourth-order valence-corrected chi connectivity index (χ4v) is 5.67. The Kier molecular flexibility index (Phi) is 6.55. The molecule has 7 nitrogen and oxygen atoms in total. The molecule has 0 bridgehead atoms. The predicted octanol–water partition coefficient (Wildman–Crippen LogP) is 5.07. The smallest absolute Gasteiger partial charge is 0.274 e. The van der Waals surface area contributed by atoms with Crippen LogP contribution in [0.2, 0.25) is 0 Å². The Hall–Kier alpha value is -3.63. The molecular weight excluding hydrogens is 484 g/mol. The van der Waals surface area contributed by atoms with Gasteiger partial charge in [0.15, 0.2) is 0 Å². The van der Waals surface area contributed by atoms with Gasteiger partial charge in [0, 0.05) is 42.3 Å². The van der Waals surface area contributed by atoms with E-state index in [1.54, 1.807) is 30.6 Å². The highest BCUT2D eigenvalue weighted by Crippen LogP contribution is 2.37. The normalized spacial score (nSPS) is 17.9. The molecule has 1 aliphatic rings. The minimum atomic E-state index is -0.729. The molecule has 3 aromatic heterocycles. The molecule has 0 aliphatic carbocycles. The van der Waals surface area contributed by atoms with Crippen molar-refractivity contribution in [2.45, 2.75) is 19.4 Å². The molecule has 10 heteroatoms. The molecule has 1 aromatic carbocycles. The van der Waals surface area contributed by atoms with Gasteiger partial charge in [0.1, 0.15) is 23.1 Å². The Morgan fingerprint density at radius 2 is 1.97 bits per heavy atom. The van der Waals surface area contributed by atoms with Crippen LogP contribution in [0.1, 0.15) is 23.8 Å². The van der Waals surface area contributed by atoms with Crippen molar-refractivity contribution in [3.05, 3.63) is 66.1 Å². The molecule has 186 valence electrons. The van der Waals surface area contributed by atoms with Crippen molar-refractivity contribution in [1.82, 2.24) is 9.97 Å². The molecule has 0 spiro atoms. The molecule has 1 fully saturated rings. The second-order valence-corrected chi connectivity index (χ2v) is 10.1. The van der Waals surface area contributed by atoms with Gasteiger partial charge < -0.3 is 20.7 Å². The minimum absolute atomic E-state index is 0.0581. The number of hydrogen-bond acceptors (Lipinski definition) is 7. The van der Waals surface area contributed by atoms with Crippen LogP contribution in [0.25, 0.3) is 20.7 Å². The highest BCUT2D eigenvalue weighted by atomic mass is 32.1. The zero-order chi connectivity index (χ0) is 25.4. The van der Waals surface area contributed by atoms with E-state index in [4.69, 9.17) is 10.5 Å². The number of carbonyl (C=O) groups is 1. The van der Waals surface area contributed by atoms with E-state index < -0.39 is 17.5 Å². The molecule has 3 N–H and O–H groups in total. The lowest BCUT2D eigenvalue weighted by atomic mass is 9.96. The minimum Gasteiger partial charge on any atom is -0.497 e. The van der Waals surface area contributed by atoms with Crippen LogP contribution in [0, 0.1) is 17.6 Å². The maximum absolute atomic E-state index is 14.6. The number of aromatic nitrogens is 2. The van der Waals surface area contributed by atoms with Gasteiger partial charge in [-0.3, -0.25) is 9.78 Å². The van der Waals surface area contributed by atoms with Gasteiger partial charge in [-0.15, -0.1) is 11.3 Å². The Morgan fingerprint density at radius 1 is 1.19 bits per heavy atom. The lowest BCUT2D eigenvalue weighted by Gasteiger charge is -2.37. The Balaban J connectivity index is 1.41. The Bertz CT molecular complexity index is 1410. The van der Waals surface area contributed by atoms with Crippen LogP contribution in [0.15, 0.2) is 48.8 Å². The van der Waals surface area contributed by atoms with Crippen LogP contribution in [0.4, 0.5) is 20.2 Å². The molecule has 5 rings (SSSR count). The fourth-order valence-electron chi connectivity index (χ4n) is 4.62. The summed E-state index contributed by atoms with van der Waals surface area (Å²) in [4.78, 5) is 24.3. The number of pyridine rings is 2. The van der Waals surface area contributed by atoms with Gasteiger partial charge in [0.2, 0.25) is 0 Å². The predicted molar refractivity (Wildman–Crippen MR) is 138 cm³/mol. The van der Waals surface area contributed by atoms with Gasteiger partial charge in [-0.1, -0.05) is 6.92 Å². The third kappa shape index (κ3) is 4.74. The van der Waals surface area contributed by atoms with Gasteiger partial charge in [0.25, 0.3) is 5.91 Å². The first-order valence-corrected chi connectivity index (χ1v) is 12.3. The van der Waals surface area contributed by atoms with Gasteiger partial charge >= 0.3 is 0 Å². The van der Waals surface area contributed by atoms with Crippen molar-refractivity contribution in [1.29, 1.82) is 0 Å². The summed E-state index contributed by atoms with van der Waals surface area (Å²) in [6.07, 6.45) is 4.25. The first-order valence-electron chi connectivity index (χ1n) is 11.5. The van der Waals surface area contributed by atoms with E-state index in [-0.39, 0.29) is 23.0 Å². The third-order valence-electron chi connectivity index (χ3n) is 6.18. The van der Waals surface area contributed by atoms with Crippen molar-refractivity contribution >= 4 is 38.8 Å². The average Bonchev–Trinajstić information content (AvgIpc) is 3.26. The summed E-state index contributed by atoms with van der Waals surface area (Å²) < 4.78 is 34.8. The van der Waals surface area contributed by atoms with E-state index in [0.29, 0.717) is 33.2 Å². The van der Waals surface area contributed by atoms with Gasteiger partial charge in [-0.05, 0) is 36.6 Å². The van der Waals surface area contributed by atoms with E-state index >= 15 is 0 Å². The fraction of sp³-hybridized carbons (Fsp3) is 0.269. The number of nitrogens with two attached hydrogens (primary N) is 1. The van der Waals surface area contributed by atoms with Gasteiger partial charge in [0.05, 0.1) is 40.5 Å². The number of carbonyl (C=O) groups excluding carboxylic acids is 1. The lowest BCUT2D eigenvalue weighted by molar-refractivity contribution is 0.102. The topological polar surface area (TPSA) is 93.4 Å². The number of thiophene rings is 1. The number of methoxy groups -OCH3 is 1. The maximum Gasteiger partial charge on any atom is 0.274 e. The monoisotopic (exact) mass is 509 g/mol. The number of ether oxygens (including phenoxy) is 1. The SMILES string of the molecule is COc1cc(F)c(-c2cc3nc(C(=O)Nc4cnccc4N4CC(C)CC(N)C4)ccc3s2)c(F)c1. The van der Waals surface area contributed by atoms with Crippen LogP contribution in [0.5, 0.6) is 5.75 Å². The summed E-state index contributed by atoms with van der Waals surface area (Å²) >= 11 is 1.19. The highest BCUT2D eigenvalue weighted by Gasteiger charge is 2.25. The van der Waals surface area contributed by atoms with Gasteiger partial charge in [-0.25, -0.2) is 13.8 Å². The molecule has 1 aliphatic heterocycles. The number of nitrogens with one attached hydrogen (secondary N) is 1. The van der Waals surface area contributed by atoms with E-state index in [9.17, 15) is 13.6 Å². The highest BCUT2D eigenvalue weighted by molar-refractivity contribution is 7.22. The van der Waals surface area contributed by atoms with Crippen molar-refractivity contribution in [3.8, 4) is 16.2 Å². The zero-order valence-corrected chi connectivity index (χ0v) is 20.6. The lowest BCUT2D eigenvalue weighted by Crippen LogP contribution is -2.46. The summed E-state index contributed by atoms with van der Waals surface area (Å²) in [5.74, 6) is -1.33. The van der Waals surface area contributed by atoms with Crippen LogP contribution < -0.4 is 20.7 Å². The third-order valence-corrected chi connectivity index (χ3v) is 7.29. The van der Waals surface area contributed by atoms with Crippen molar-refractivity contribution in [2.75, 3.05) is 30.4 Å². The first-order chi connectivity index (χ1) is 17.3. The molecule has 0 saturated carbocycles. The van der Waals surface area contributed by atoms with E-state index in [2.05, 4.69) is 27.1 Å². The van der Waals surface area contributed by atoms with Crippen LogP contribution in [-0.2, 0) is 0 Å². The van der Waals surface area contributed by atoms with Gasteiger partial charge in [-0.2, -0.15) is 0 Å². The molecule has 4 heterocycles. The summed E-state index contributed by atoms with van der Waals surface area (Å²) in [7, 11) is 1.35. The molecule has 0 radical (unpaired) electrons. The average molecular weight is 510 g/mol. The summed E-state index contributed by atoms with van der Waals surface area (Å²) in [6, 6.07) is 9.08. The zero-order valence-electron chi connectivity index (χ0n) is 19.8. The molecule has 1 saturated heterocycles. The molecular formula is C26H25F2N5O2S. The molecule has 36 heavy (non-hydrogen) atoms. The number of halogens is 2. The van der Waals surface area contributed by atoms with Crippen LogP contribution >= 0.6 is 11.3 Å². The number of hydrogen-bond donors (Lipinski definition) is 2. The quantitative estimate of drug-likeness (QED) is 0.390. The molecule has 2 atom stereocenters. The molecule has 1 amide bonds. The van der Waals surface area contributed by atoms with Crippen LogP contribution in [-0.4, -0.2) is 42.1 Å². The second-order valence-electron chi connectivity index (χ2n) is 9.01. The van der Waals surface area contributed by atoms with Crippen molar-refractivity contribution < 1.29 is 18.3 Å². The second kappa shape index (κ2) is 9.79. The summed E-state index contributed by atoms with van der Waals surface area (Å²) in [5, 5.41) is 2.91. The standard InChI is InChI=1S/C26H25F2N5O2S/c1-14-7-15(29)13-33(12-14)22-5-6-30-11-21(22)32-26(34)19-3-4-23-20(31-19)10-24(36-23)25-17(27)8-16(35-2)9-18(25)28/h3-6,8-11,14-15H,7,12-13,29H2,1-2H3,(H,32,34).